The number of hydrogen-bond donors (Lipinski definition) is 0. The smallest absolute Gasteiger partial charge is 0.248 e. The van der Waals surface area contributed by atoms with Crippen LogP contribution in [0.15, 0.2) is 52.4 Å². The van der Waals surface area contributed by atoms with Gasteiger partial charge in [-0.05, 0) is 50.1 Å². The first kappa shape index (κ1) is 22.4. The molecule has 1 aromatic heterocycles. The SMILES string of the molecule is COCCn1c(=NC(=O)CCCS(=O)(=O)c2ccc(C)cc2)sc2cc(C)ccc21. The van der Waals surface area contributed by atoms with Gasteiger partial charge in [-0.1, -0.05) is 35.1 Å². The fourth-order valence-corrected chi connectivity index (χ4v) is 5.59. The summed E-state index contributed by atoms with van der Waals surface area (Å²) in [5.74, 6) is -0.393. The van der Waals surface area contributed by atoms with E-state index in [-0.39, 0.29) is 29.4 Å². The topological polar surface area (TPSA) is 77.7 Å². The number of nitrogens with zero attached hydrogens (tertiary/aromatic N) is 2. The highest BCUT2D eigenvalue weighted by Gasteiger charge is 2.15. The first-order chi connectivity index (χ1) is 14.3. The summed E-state index contributed by atoms with van der Waals surface area (Å²) >= 11 is 1.46. The average Bonchev–Trinajstić information content (AvgIpc) is 3.02. The molecule has 0 aliphatic carbocycles. The Morgan fingerprint density at radius 1 is 1.10 bits per heavy atom. The highest BCUT2D eigenvalue weighted by molar-refractivity contribution is 7.91. The predicted molar refractivity (Wildman–Crippen MR) is 119 cm³/mol. The number of ether oxygens (including phenoxy) is 1. The molecule has 1 heterocycles. The zero-order valence-corrected chi connectivity index (χ0v) is 19.1. The molecule has 0 aliphatic heterocycles. The Labute approximate surface area is 180 Å². The lowest BCUT2D eigenvalue weighted by Gasteiger charge is -2.05. The van der Waals surface area contributed by atoms with Crippen molar-refractivity contribution < 1.29 is 17.9 Å². The van der Waals surface area contributed by atoms with Gasteiger partial charge in [0.1, 0.15) is 0 Å². The number of aromatic nitrogens is 1. The van der Waals surface area contributed by atoms with Crippen molar-refractivity contribution in [2.75, 3.05) is 19.5 Å². The van der Waals surface area contributed by atoms with E-state index in [2.05, 4.69) is 11.1 Å². The minimum absolute atomic E-state index is 0.0768. The molecule has 3 rings (SSSR count). The Hall–Kier alpha value is -2.29. The average molecular weight is 447 g/mol. The van der Waals surface area contributed by atoms with Crippen LogP contribution in [0.4, 0.5) is 0 Å². The third kappa shape index (κ3) is 5.44. The monoisotopic (exact) mass is 446 g/mol. The van der Waals surface area contributed by atoms with Gasteiger partial charge in [-0.3, -0.25) is 4.79 Å². The van der Waals surface area contributed by atoms with Crippen LogP contribution in [-0.4, -0.2) is 38.4 Å². The molecule has 0 radical (unpaired) electrons. The molecule has 0 saturated carbocycles. The lowest BCUT2D eigenvalue weighted by molar-refractivity contribution is -0.118. The zero-order chi connectivity index (χ0) is 21.7. The number of amides is 1. The molecule has 0 atom stereocenters. The predicted octanol–water partition coefficient (Wildman–Crippen LogP) is 3.65. The van der Waals surface area contributed by atoms with Crippen molar-refractivity contribution in [1.82, 2.24) is 4.57 Å². The first-order valence-electron chi connectivity index (χ1n) is 9.76. The minimum atomic E-state index is -3.40. The fraction of sp³-hybridized carbons (Fsp3) is 0.364. The van der Waals surface area contributed by atoms with Crippen molar-refractivity contribution in [2.24, 2.45) is 4.99 Å². The molecule has 0 unspecified atom stereocenters. The number of methoxy groups -OCH3 is 1. The molecule has 1 amide bonds. The van der Waals surface area contributed by atoms with Crippen LogP contribution in [0.1, 0.15) is 24.0 Å². The maximum atomic E-state index is 12.4. The standard InChI is InChI=1S/C22H26N2O4S2/c1-16-6-9-18(10-7-16)30(26,27)14-4-5-21(25)23-22-24(12-13-28-3)19-11-8-17(2)15-20(19)29-22/h6-11,15H,4-5,12-14H2,1-3H3. The van der Waals surface area contributed by atoms with E-state index in [1.54, 1.807) is 31.4 Å². The van der Waals surface area contributed by atoms with Gasteiger partial charge >= 0.3 is 0 Å². The molecule has 160 valence electrons. The number of aryl methyl sites for hydroxylation is 2. The molecule has 0 aliphatic rings. The second-order valence-corrected chi connectivity index (χ2v) is 10.4. The molecule has 3 aromatic rings. The second kappa shape index (κ2) is 9.68. The molecule has 0 saturated heterocycles. The highest BCUT2D eigenvalue weighted by atomic mass is 32.2. The third-order valence-electron chi connectivity index (χ3n) is 4.76. The van der Waals surface area contributed by atoms with Gasteiger partial charge < -0.3 is 9.30 Å². The van der Waals surface area contributed by atoms with E-state index in [0.29, 0.717) is 18.0 Å². The molecule has 0 spiro atoms. The summed E-state index contributed by atoms with van der Waals surface area (Å²) in [5, 5.41) is 0. The molecule has 0 fully saturated rings. The molecular formula is C22H26N2O4S2. The van der Waals surface area contributed by atoms with Crippen molar-refractivity contribution in [3.8, 4) is 0 Å². The van der Waals surface area contributed by atoms with Crippen LogP contribution < -0.4 is 4.80 Å². The van der Waals surface area contributed by atoms with E-state index in [1.165, 1.54) is 11.3 Å². The molecule has 8 heteroatoms. The Morgan fingerprint density at radius 3 is 2.50 bits per heavy atom. The summed E-state index contributed by atoms with van der Waals surface area (Å²) in [5.41, 5.74) is 3.15. The van der Waals surface area contributed by atoms with Crippen LogP contribution in [0.5, 0.6) is 0 Å². The number of benzene rings is 2. The first-order valence-corrected chi connectivity index (χ1v) is 12.2. The number of thiazole rings is 1. The van der Waals surface area contributed by atoms with Crippen LogP contribution in [0, 0.1) is 13.8 Å². The normalized spacial score (nSPS) is 12.6. The fourth-order valence-electron chi connectivity index (χ4n) is 3.10. The minimum Gasteiger partial charge on any atom is -0.383 e. The van der Waals surface area contributed by atoms with Crippen molar-refractivity contribution in [2.45, 2.75) is 38.1 Å². The molecule has 30 heavy (non-hydrogen) atoms. The van der Waals surface area contributed by atoms with Gasteiger partial charge in [-0.25, -0.2) is 8.42 Å². The van der Waals surface area contributed by atoms with Gasteiger partial charge in [0.2, 0.25) is 5.91 Å². The number of hydrogen-bond acceptors (Lipinski definition) is 5. The maximum Gasteiger partial charge on any atom is 0.248 e. The van der Waals surface area contributed by atoms with Gasteiger partial charge in [-0.2, -0.15) is 4.99 Å². The summed E-state index contributed by atoms with van der Waals surface area (Å²) in [4.78, 5) is 17.6. The largest absolute Gasteiger partial charge is 0.383 e. The number of carbonyl (C=O) groups excluding carboxylic acids is 1. The van der Waals surface area contributed by atoms with Gasteiger partial charge in [0.05, 0.1) is 27.5 Å². The number of fused-ring (bicyclic) bond motifs is 1. The Balaban J connectivity index is 1.74. The van der Waals surface area contributed by atoms with E-state index in [9.17, 15) is 13.2 Å². The Bertz CT molecular complexity index is 1210. The quantitative estimate of drug-likeness (QED) is 0.529. The van der Waals surface area contributed by atoms with Crippen LogP contribution in [0.3, 0.4) is 0 Å². The van der Waals surface area contributed by atoms with Crippen molar-refractivity contribution in [3.05, 3.63) is 58.4 Å². The van der Waals surface area contributed by atoms with E-state index < -0.39 is 9.84 Å². The number of rotatable bonds is 8. The molecule has 6 nitrogen and oxygen atoms in total. The second-order valence-electron chi connectivity index (χ2n) is 7.24. The lowest BCUT2D eigenvalue weighted by atomic mass is 10.2. The third-order valence-corrected chi connectivity index (χ3v) is 7.62. The molecule has 2 aromatic carbocycles. The summed E-state index contributed by atoms with van der Waals surface area (Å²) in [6.45, 7) is 5.03. The Kier molecular flexibility index (Phi) is 7.23. The van der Waals surface area contributed by atoms with E-state index in [1.807, 2.05) is 30.5 Å². The highest BCUT2D eigenvalue weighted by Crippen LogP contribution is 2.19. The molecule has 0 N–H and O–H groups in total. The number of carbonyl (C=O) groups is 1. The van der Waals surface area contributed by atoms with Crippen LogP contribution in [0.25, 0.3) is 10.2 Å². The summed E-state index contributed by atoms with van der Waals surface area (Å²) in [6.07, 6.45) is 0.323. The van der Waals surface area contributed by atoms with Crippen molar-refractivity contribution in [3.63, 3.8) is 0 Å². The molecular weight excluding hydrogens is 420 g/mol. The van der Waals surface area contributed by atoms with E-state index in [4.69, 9.17) is 4.74 Å². The number of sulfone groups is 1. The van der Waals surface area contributed by atoms with Crippen LogP contribution >= 0.6 is 11.3 Å². The van der Waals surface area contributed by atoms with Crippen LogP contribution in [-0.2, 0) is 25.9 Å². The Morgan fingerprint density at radius 2 is 1.80 bits per heavy atom. The van der Waals surface area contributed by atoms with E-state index in [0.717, 1.165) is 21.3 Å². The van der Waals surface area contributed by atoms with Crippen LogP contribution in [0.2, 0.25) is 0 Å². The summed E-state index contributed by atoms with van der Waals surface area (Å²) in [7, 11) is -1.77. The lowest BCUT2D eigenvalue weighted by Crippen LogP contribution is -2.19. The maximum absolute atomic E-state index is 12.4. The molecule has 0 bridgehead atoms. The van der Waals surface area contributed by atoms with Gasteiger partial charge in [0.15, 0.2) is 14.6 Å². The summed E-state index contributed by atoms with van der Waals surface area (Å²) in [6, 6.07) is 12.9. The van der Waals surface area contributed by atoms with E-state index >= 15 is 0 Å². The van der Waals surface area contributed by atoms with Crippen molar-refractivity contribution in [1.29, 1.82) is 0 Å². The zero-order valence-electron chi connectivity index (χ0n) is 17.4. The van der Waals surface area contributed by atoms with Gasteiger partial charge in [0, 0.05) is 20.1 Å². The van der Waals surface area contributed by atoms with Crippen molar-refractivity contribution >= 4 is 37.3 Å². The van der Waals surface area contributed by atoms with Gasteiger partial charge in [0.25, 0.3) is 0 Å². The summed E-state index contributed by atoms with van der Waals surface area (Å²) < 4.78 is 33.1. The van der Waals surface area contributed by atoms with Gasteiger partial charge in [-0.15, -0.1) is 0 Å².